The number of fused-ring (bicyclic) bond motifs is 1. The molecular weight excluding hydrogens is 308 g/mol. The van der Waals surface area contributed by atoms with Crippen LogP contribution in [0.1, 0.15) is 37.2 Å². The highest BCUT2D eigenvalue weighted by molar-refractivity contribution is 6.01. The van der Waals surface area contributed by atoms with Crippen molar-refractivity contribution < 1.29 is 19.5 Å². The first-order valence-corrected chi connectivity index (χ1v) is 8.40. The van der Waals surface area contributed by atoms with Gasteiger partial charge in [-0.2, -0.15) is 0 Å². The second-order valence-electron chi connectivity index (χ2n) is 7.17. The second kappa shape index (κ2) is 5.33. The van der Waals surface area contributed by atoms with Crippen molar-refractivity contribution >= 4 is 23.5 Å². The van der Waals surface area contributed by atoms with Crippen LogP contribution in [-0.2, 0) is 14.4 Å². The predicted molar refractivity (Wildman–Crippen MR) is 86.4 cm³/mol. The molecular formula is C18H20N2O4. The number of carboxylic acids is 1. The molecule has 2 heterocycles. The van der Waals surface area contributed by atoms with E-state index in [1.807, 2.05) is 29.2 Å². The number of anilines is 1. The Balaban J connectivity index is 1.48. The first-order valence-electron chi connectivity index (χ1n) is 8.40. The van der Waals surface area contributed by atoms with Crippen LogP contribution >= 0.6 is 0 Å². The van der Waals surface area contributed by atoms with Crippen molar-refractivity contribution in [3.63, 3.8) is 0 Å². The third-order valence-corrected chi connectivity index (χ3v) is 5.86. The van der Waals surface area contributed by atoms with E-state index in [0.29, 0.717) is 18.8 Å². The SMILES string of the molecule is O=C1CC(C(=O)N2CCC3(CC2)CC3C(=O)O)c2ccccc2N1. The van der Waals surface area contributed by atoms with Crippen LogP contribution in [0.2, 0.25) is 0 Å². The molecule has 2 N–H and O–H groups in total. The van der Waals surface area contributed by atoms with E-state index < -0.39 is 11.9 Å². The van der Waals surface area contributed by atoms with Gasteiger partial charge in [-0.15, -0.1) is 0 Å². The summed E-state index contributed by atoms with van der Waals surface area (Å²) < 4.78 is 0. The van der Waals surface area contributed by atoms with Crippen LogP contribution in [0, 0.1) is 11.3 Å². The van der Waals surface area contributed by atoms with Crippen molar-refractivity contribution in [3.8, 4) is 0 Å². The number of nitrogens with zero attached hydrogens (tertiary/aromatic N) is 1. The molecule has 2 aliphatic heterocycles. The van der Waals surface area contributed by atoms with Crippen molar-refractivity contribution in [2.24, 2.45) is 11.3 Å². The quantitative estimate of drug-likeness (QED) is 0.867. The molecule has 0 bridgehead atoms. The summed E-state index contributed by atoms with van der Waals surface area (Å²) in [5.74, 6) is -1.53. The maximum absolute atomic E-state index is 12.9. The topological polar surface area (TPSA) is 86.7 Å². The Hall–Kier alpha value is -2.37. The third-order valence-electron chi connectivity index (χ3n) is 5.86. The number of benzene rings is 1. The second-order valence-corrected chi connectivity index (χ2v) is 7.17. The van der Waals surface area contributed by atoms with Gasteiger partial charge >= 0.3 is 5.97 Å². The maximum Gasteiger partial charge on any atom is 0.307 e. The number of hydrogen-bond donors (Lipinski definition) is 2. The highest BCUT2D eigenvalue weighted by Crippen LogP contribution is 2.59. The molecule has 2 amide bonds. The summed E-state index contributed by atoms with van der Waals surface area (Å²) in [5.41, 5.74) is 1.50. The Morgan fingerprint density at radius 2 is 1.92 bits per heavy atom. The number of likely N-dealkylation sites (tertiary alicyclic amines) is 1. The zero-order valence-corrected chi connectivity index (χ0v) is 13.3. The molecule has 126 valence electrons. The summed E-state index contributed by atoms with van der Waals surface area (Å²) >= 11 is 0. The van der Waals surface area contributed by atoms with Gasteiger partial charge in [0.1, 0.15) is 0 Å². The zero-order chi connectivity index (χ0) is 16.9. The molecule has 24 heavy (non-hydrogen) atoms. The molecule has 0 radical (unpaired) electrons. The van der Waals surface area contributed by atoms with Gasteiger partial charge in [-0.05, 0) is 36.3 Å². The van der Waals surface area contributed by atoms with Gasteiger partial charge in [0.2, 0.25) is 11.8 Å². The number of amides is 2. The van der Waals surface area contributed by atoms with Gasteiger partial charge in [0.25, 0.3) is 0 Å². The van der Waals surface area contributed by atoms with E-state index in [-0.39, 0.29) is 29.6 Å². The molecule has 1 aliphatic carbocycles. The fraction of sp³-hybridized carbons (Fsp3) is 0.500. The number of para-hydroxylation sites is 1. The third kappa shape index (κ3) is 2.37. The summed E-state index contributed by atoms with van der Waals surface area (Å²) in [7, 11) is 0. The Labute approximate surface area is 139 Å². The van der Waals surface area contributed by atoms with Crippen LogP contribution < -0.4 is 5.32 Å². The lowest BCUT2D eigenvalue weighted by Gasteiger charge is -2.36. The predicted octanol–water partition coefficient (Wildman–Crippen LogP) is 1.83. The molecule has 0 aromatic heterocycles. The van der Waals surface area contributed by atoms with E-state index in [2.05, 4.69) is 5.32 Å². The molecule has 6 heteroatoms. The molecule has 1 spiro atoms. The number of rotatable bonds is 2. The molecule has 1 aromatic carbocycles. The monoisotopic (exact) mass is 328 g/mol. The van der Waals surface area contributed by atoms with Crippen LogP contribution in [0.4, 0.5) is 5.69 Å². The maximum atomic E-state index is 12.9. The molecule has 1 aromatic rings. The number of nitrogens with one attached hydrogen (secondary N) is 1. The summed E-state index contributed by atoms with van der Waals surface area (Å²) in [6.45, 7) is 1.17. The zero-order valence-electron chi connectivity index (χ0n) is 13.3. The fourth-order valence-electron chi connectivity index (χ4n) is 4.27. The number of carboxylic acid groups (broad SMARTS) is 1. The highest BCUT2D eigenvalue weighted by atomic mass is 16.4. The molecule has 2 atom stereocenters. The largest absolute Gasteiger partial charge is 0.481 e. The van der Waals surface area contributed by atoms with E-state index in [1.165, 1.54) is 0 Å². The Kier molecular flexibility index (Phi) is 3.37. The molecule has 2 fully saturated rings. The van der Waals surface area contributed by atoms with Gasteiger partial charge < -0.3 is 15.3 Å². The summed E-state index contributed by atoms with van der Waals surface area (Å²) in [6, 6.07) is 7.43. The average molecular weight is 328 g/mol. The standard InChI is InChI=1S/C18H20N2O4/c21-15-9-12(11-3-1-2-4-14(11)19-15)16(22)20-7-5-18(6-8-20)10-13(18)17(23)24/h1-4,12-13H,5-10H2,(H,19,21)(H,23,24). The van der Waals surface area contributed by atoms with Crippen molar-refractivity contribution in [3.05, 3.63) is 29.8 Å². The van der Waals surface area contributed by atoms with Crippen LogP contribution in [-0.4, -0.2) is 40.9 Å². The van der Waals surface area contributed by atoms with Gasteiger partial charge in [-0.3, -0.25) is 14.4 Å². The average Bonchev–Trinajstić information content (AvgIpc) is 3.28. The molecule has 4 rings (SSSR count). The first-order chi connectivity index (χ1) is 11.5. The van der Waals surface area contributed by atoms with Gasteiger partial charge in [0, 0.05) is 25.2 Å². The molecule has 2 unspecified atom stereocenters. The van der Waals surface area contributed by atoms with Gasteiger partial charge in [0.15, 0.2) is 0 Å². The highest BCUT2D eigenvalue weighted by Gasteiger charge is 2.59. The van der Waals surface area contributed by atoms with Crippen molar-refractivity contribution in [1.29, 1.82) is 0 Å². The Morgan fingerprint density at radius 3 is 2.58 bits per heavy atom. The van der Waals surface area contributed by atoms with Crippen LogP contribution in [0.25, 0.3) is 0 Å². The van der Waals surface area contributed by atoms with Gasteiger partial charge in [-0.1, -0.05) is 18.2 Å². The molecule has 1 saturated heterocycles. The minimum absolute atomic E-state index is 0.0142. The number of hydrogen-bond acceptors (Lipinski definition) is 3. The van der Waals surface area contributed by atoms with Crippen molar-refractivity contribution in [2.45, 2.75) is 31.6 Å². The lowest BCUT2D eigenvalue weighted by atomic mass is 9.86. The molecule has 1 saturated carbocycles. The van der Waals surface area contributed by atoms with Gasteiger partial charge in [0.05, 0.1) is 11.8 Å². The minimum Gasteiger partial charge on any atom is -0.481 e. The summed E-state index contributed by atoms with van der Waals surface area (Å²) in [5, 5.41) is 12.0. The summed E-state index contributed by atoms with van der Waals surface area (Å²) in [6.07, 6.45) is 2.40. The van der Waals surface area contributed by atoms with E-state index in [1.54, 1.807) is 0 Å². The van der Waals surface area contributed by atoms with Crippen LogP contribution in [0.15, 0.2) is 24.3 Å². The number of piperidine rings is 1. The van der Waals surface area contributed by atoms with Crippen LogP contribution in [0.5, 0.6) is 0 Å². The lowest BCUT2D eigenvalue weighted by Crippen LogP contribution is -2.44. The Bertz CT molecular complexity index is 721. The van der Waals surface area contributed by atoms with E-state index in [9.17, 15) is 14.4 Å². The Morgan fingerprint density at radius 1 is 1.21 bits per heavy atom. The van der Waals surface area contributed by atoms with E-state index in [0.717, 1.165) is 24.8 Å². The number of carbonyl (C=O) groups is 3. The molecule has 6 nitrogen and oxygen atoms in total. The minimum atomic E-state index is -0.715. The summed E-state index contributed by atoms with van der Waals surface area (Å²) in [4.78, 5) is 37.8. The van der Waals surface area contributed by atoms with Crippen molar-refractivity contribution in [1.82, 2.24) is 4.90 Å². The normalized spacial score (nSPS) is 27.3. The fourth-order valence-corrected chi connectivity index (χ4v) is 4.27. The number of aliphatic carboxylic acids is 1. The lowest BCUT2D eigenvalue weighted by molar-refractivity contribution is -0.140. The van der Waals surface area contributed by atoms with E-state index in [4.69, 9.17) is 5.11 Å². The van der Waals surface area contributed by atoms with Crippen molar-refractivity contribution in [2.75, 3.05) is 18.4 Å². The van der Waals surface area contributed by atoms with Crippen LogP contribution in [0.3, 0.4) is 0 Å². The first kappa shape index (κ1) is 15.2. The molecule has 3 aliphatic rings. The van der Waals surface area contributed by atoms with E-state index >= 15 is 0 Å². The number of carbonyl (C=O) groups excluding carboxylic acids is 2. The van der Waals surface area contributed by atoms with Gasteiger partial charge in [-0.25, -0.2) is 0 Å². The smallest absolute Gasteiger partial charge is 0.307 e.